The Morgan fingerprint density at radius 3 is 1.58 bits per heavy atom. The van der Waals surface area contributed by atoms with Crippen molar-refractivity contribution in [3.8, 4) is 11.8 Å². The second-order valence-corrected chi connectivity index (χ2v) is 19.5. The van der Waals surface area contributed by atoms with Gasteiger partial charge in [0, 0.05) is 94.8 Å². The fourth-order valence-corrected chi connectivity index (χ4v) is 11.1. The first-order chi connectivity index (χ1) is 33.2. The Kier molecular flexibility index (Phi) is 25.3. The van der Waals surface area contributed by atoms with E-state index in [-0.39, 0.29) is 65.7 Å². The van der Waals surface area contributed by atoms with Gasteiger partial charge in [0.25, 0.3) is 0 Å². The number of rotatable bonds is 29. The van der Waals surface area contributed by atoms with Gasteiger partial charge in [-0.1, -0.05) is 89.1 Å². The summed E-state index contributed by atoms with van der Waals surface area (Å²) in [6, 6.07) is 0. The molecule has 0 bridgehead atoms. The molecule has 2 aliphatic heterocycles. The van der Waals surface area contributed by atoms with E-state index in [9.17, 15) is 10.2 Å². The Labute approximate surface area is 415 Å². The van der Waals surface area contributed by atoms with Crippen molar-refractivity contribution in [1.82, 2.24) is 0 Å². The van der Waals surface area contributed by atoms with Gasteiger partial charge in [-0.05, 0) is 67.9 Å². The number of allylic oxidation sites excluding steroid dienone is 5. The van der Waals surface area contributed by atoms with E-state index in [2.05, 4.69) is 44.8 Å². The van der Waals surface area contributed by atoms with Gasteiger partial charge in [0.2, 0.25) is 0 Å². The average Bonchev–Trinajstić information content (AvgIpc) is 3.84. The Morgan fingerprint density at radius 2 is 1.12 bits per heavy atom. The van der Waals surface area contributed by atoms with Crippen LogP contribution in [-0.2, 0) is 56.8 Å². The van der Waals surface area contributed by atoms with E-state index in [0.717, 1.165) is 36.8 Å². The van der Waals surface area contributed by atoms with Gasteiger partial charge in [-0.15, -0.1) is 5.92 Å². The molecule has 2 heterocycles. The van der Waals surface area contributed by atoms with Crippen molar-refractivity contribution >= 4 is 0 Å². The molecule has 394 valence electrons. The summed E-state index contributed by atoms with van der Waals surface area (Å²) in [6.07, 6.45) is 13.4. The topological polar surface area (TPSA) is 151 Å². The molecular formula is C55H90O14. The zero-order valence-electron chi connectivity index (χ0n) is 44.6. The fourth-order valence-electron chi connectivity index (χ4n) is 11.1. The van der Waals surface area contributed by atoms with Gasteiger partial charge in [-0.3, -0.25) is 0 Å². The number of methoxy groups -OCH3 is 9. The average molecular weight is 975 g/mol. The van der Waals surface area contributed by atoms with Crippen molar-refractivity contribution in [1.29, 1.82) is 0 Å². The van der Waals surface area contributed by atoms with Crippen LogP contribution in [0.3, 0.4) is 0 Å². The van der Waals surface area contributed by atoms with E-state index in [4.69, 9.17) is 56.8 Å². The van der Waals surface area contributed by atoms with E-state index in [0.29, 0.717) is 6.61 Å². The molecule has 0 spiro atoms. The van der Waals surface area contributed by atoms with E-state index in [1.54, 1.807) is 64.0 Å². The van der Waals surface area contributed by atoms with Crippen LogP contribution in [0.5, 0.6) is 0 Å². The van der Waals surface area contributed by atoms with Gasteiger partial charge < -0.3 is 67.1 Å². The summed E-state index contributed by atoms with van der Waals surface area (Å²) in [5.74, 6) is 7.03. The molecule has 0 unspecified atom stereocenters. The van der Waals surface area contributed by atoms with Crippen LogP contribution in [0.2, 0.25) is 0 Å². The lowest BCUT2D eigenvalue weighted by Crippen LogP contribution is -2.60. The van der Waals surface area contributed by atoms with Crippen molar-refractivity contribution < 1.29 is 67.1 Å². The minimum atomic E-state index is -0.688. The molecule has 4 rings (SSSR count). The maximum atomic E-state index is 11.6. The summed E-state index contributed by atoms with van der Waals surface area (Å²) in [5.41, 5.74) is 1.86. The molecule has 2 saturated heterocycles. The lowest BCUT2D eigenvalue weighted by Gasteiger charge is -2.45. The lowest BCUT2D eigenvalue weighted by molar-refractivity contribution is -0.298. The third-order valence-electron chi connectivity index (χ3n) is 15.6. The van der Waals surface area contributed by atoms with Crippen LogP contribution in [-0.4, -0.2) is 167 Å². The van der Waals surface area contributed by atoms with Crippen LogP contribution in [0.15, 0.2) is 59.8 Å². The third kappa shape index (κ3) is 14.5. The summed E-state index contributed by atoms with van der Waals surface area (Å²) < 4.78 is 71.9. The zero-order valence-corrected chi connectivity index (χ0v) is 44.6. The Hall–Kier alpha value is -2.30. The van der Waals surface area contributed by atoms with Crippen LogP contribution < -0.4 is 0 Å². The molecule has 0 aromatic rings. The molecular weight excluding hydrogens is 885 g/mol. The molecule has 2 N–H and O–H groups in total. The summed E-state index contributed by atoms with van der Waals surface area (Å²) >= 11 is 0. The monoisotopic (exact) mass is 975 g/mol. The molecule has 0 aromatic heterocycles. The van der Waals surface area contributed by atoms with Gasteiger partial charge >= 0.3 is 0 Å². The van der Waals surface area contributed by atoms with E-state index >= 15 is 0 Å². The number of hydrogen-bond donors (Lipinski definition) is 2. The first kappa shape index (κ1) is 59.3. The van der Waals surface area contributed by atoms with Crippen LogP contribution in [0.25, 0.3) is 0 Å². The van der Waals surface area contributed by atoms with Gasteiger partial charge in [0.1, 0.15) is 48.8 Å². The zero-order chi connectivity index (χ0) is 50.9. The predicted octanol–water partition coefficient (Wildman–Crippen LogP) is 7.12. The highest BCUT2D eigenvalue weighted by Gasteiger charge is 2.50. The Morgan fingerprint density at radius 1 is 0.623 bits per heavy atom. The SMILES string of the molecule is CC[C@H](OC)[C@@H](C)[C@H]1CC#C[C@@H]1[C@H](O)[C@@H](C)/C=C/C=C(\C)[C@H]1O[C@H](OC)[C@H](OC)[C@@H](OCCC[C@H](OC)[C@@H](C)[C@H]2C=C[C@@H]2[C@H](O)[C@@H](C)/C=C/C=C(\C)[C@H]2O[C@@H](OC)[C@H](OC)[C@@H](OC)[C@@H]2OC)[C@@H]1OC. The second-order valence-electron chi connectivity index (χ2n) is 19.5. The summed E-state index contributed by atoms with van der Waals surface area (Å²) in [7, 11) is 14.9. The smallest absolute Gasteiger partial charge is 0.186 e. The summed E-state index contributed by atoms with van der Waals surface area (Å²) in [5, 5.41) is 23.1. The first-order valence-corrected chi connectivity index (χ1v) is 25.1. The highest BCUT2D eigenvalue weighted by Crippen LogP contribution is 2.41. The van der Waals surface area contributed by atoms with Crippen LogP contribution in [0.1, 0.15) is 74.1 Å². The molecule has 0 aromatic carbocycles. The molecule has 14 nitrogen and oxygen atoms in total. The van der Waals surface area contributed by atoms with Gasteiger partial charge in [0.05, 0.1) is 30.3 Å². The van der Waals surface area contributed by atoms with Gasteiger partial charge in [-0.25, -0.2) is 0 Å². The largest absolute Gasteiger partial charge is 0.392 e. The lowest BCUT2D eigenvalue weighted by atomic mass is 9.67. The van der Waals surface area contributed by atoms with Crippen molar-refractivity contribution in [2.75, 3.05) is 70.6 Å². The fraction of sp³-hybridized carbons (Fsp3) is 0.782. The first-order valence-electron chi connectivity index (χ1n) is 25.1. The molecule has 2 fully saturated rings. The number of aliphatic hydroxyl groups is 2. The molecule has 0 saturated carbocycles. The van der Waals surface area contributed by atoms with Crippen molar-refractivity contribution in [3.63, 3.8) is 0 Å². The number of hydrogen-bond acceptors (Lipinski definition) is 14. The molecule has 2 aliphatic carbocycles. The standard InChI is InChI=1S/C55H90O14/c1-17-42(58-8)36(6)38-26-20-27-40(38)44(56)32(2)22-18-25-35(5)47-49(61-11)51(53(64-14)55(66-16)69-47)67-31-21-28-43(59-9)37(7)39-29-30-41(39)45(57)33(3)23-19-24-34(4)46-48(60-10)50(62-12)52(63-13)54(65-15)68-46/h18-19,22-25,29-30,32-33,36-57H,17,21,26,28,31H2,1-16H3/b22-18+,23-19+,34-24+,35-25+/t32-,33-,36-,37-,38+,39+,40-,41-,42-,43-,44+,45+,46+,47+,48+,49+,50-,51-,52+,53+,54+,55-/m0/s1. The molecule has 69 heavy (non-hydrogen) atoms. The van der Waals surface area contributed by atoms with Crippen molar-refractivity contribution in [3.05, 3.63) is 59.8 Å². The van der Waals surface area contributed by atoms with Crippen LogP contribution in [0.4, 0.5) is 0 Å². The Balaban J connectivity index is 1.33. The van der Waals surface area contributed by atoms with Crippen LogP contribution >= 0.6 is 0 Å². The van der Waals surface area contributed by atoms with Crippen molar-refractivity contribution in [2.24, 2.45) is 47.3 Å². The Bertz CT molecular complexity index is 1720. The van der Waals surface area contributed by atoms with Crippen LogP contribution in [0, 0.1) is 59.2 Å². The van der Waals surface area contributed by atoms with E-state index in [1.807, 2.05) is 64.2 Å². The molecule has 4 aliphatic rings. The number of ether oxygens (including phenoxy) is 12. The van der Waals surface area contributed by atoms with Crippen molar-refractivity contribution in [2.45, 2.75) is 160 Å². The number of aliphatic hydroxyl groups excluding tert-OH is 2. The normalized spacial score (nSPS) is 35.6. The quantitative estimate of drug-likeness (QED) is 0.0339. The molecule has 22 atom stereocenters. The second kappa shape index (κ2) is 29.4. The summed E-state index contributed by atoms with van der Waals surface area (Å²) in [6.45, 7) is 15.0. The van der Waals surface area contributed by atoms with Gasteiger partial charge in [-0.2, -0.15) is 0 Å². The molecule has 0 amide bonds. The summed E-state index contributed by atoms with van der Waals surface area (Å²) in [4.78, 5) is 0. The van der Waals surface area contributed by atoms with E-state index in [1.165, 1.54) is 0 Å². The highest BCUT2D eigenvalue weighted by molar-refractivity contribution is 5.23. The maximum absolute atomic E-state index is 11.6. The molecule has 0 radical (unpaired) electrons. The predicted molar refractivity (Wildman–Crippen MR) is 266 cm³/mol. The van der Waals surface area contributed by atoms with Gasteiger partial charge in [0.15, 0.2) is 12.6 Å². The molecule has 14 heteroatoms. The minimum absolute atomic E-state index is 0.0129. The van der Waals surface area contributed by atoms with E-state index < -0.39 is 67.5 Å². The maximum Gasteiger partial charge on any atom is 0.186 e. The minimum Gasteiger partial charge on any atom is -0.392 e. The highest BCUT2D eigenvalue weighted by atomic mass is 16.7. The third-order valence-corrected chi connectivity index (χ3v) is 15.6.